The normalized spacial score (nSPS) is 15.8. The first-order valence-electron chi connectivity index (χ1n) is 10.3. The molecule has 3 rings (SSSR count). The minimum Gasteiger partial charge on any atom is -0.494 e. The first-order valence-corrected chi connectivity index (χ1v) is 11.7. The first-order chi connectivity index (χ1) is 14.3. The Hall–Kier alpha value is -2.39. The van der Waals surface area contributed by atoms with Gasteiger partial charge in [0.05, 0.1) is 18.0 Å². The number of aromatic amines is 1. The summed E-state index contributed by atoms with van der Waals surface area (Å²) in [5.41, 5.74) is 2.21. The van der Waals surface area contributed by atoms with Gasteiger partial charge in [-0.25, -0.2) is 8.42 Å². The molecule has 0 bridgehead atoms. The molecule has 0 atom stereocenters. The van der Waals surface area contributed by atoms with Gasteiger partial charge in [0.15, 0.2) is 0 Å². The van der Waals surface area contributed by atoms with Gasteiger partial charge in [-0.1, -0.05) is 17.7 Å². The second-order valence-corrected chi connectivity index (χ2v) is 9.65. The van der Waals surface area contributed by atoms with Crippen LogP contribution in [0.4, 0.5) is 0 Å². The summed E-state index contributed by atoms with van der Waals surface area (Å²) in [6, 6.07) is 7.81. The molecule has 30 heavy (non-hydrogen) atoms. The van der Waals surface area contributed by atoms with Crippen LogP contribution in [-0.2, 0) is 14.8 Å². The standard InChI is InChI=1S/C21H30N4O4S/c1-15-6-8-19(9-7-15)29-14-4-5-20(26)22-18-10-12-25(13-11-18)30(27,28)21-16(2)23-24-17(21)3/h6-9,18H,4-5,10-14H2,1-3H3,(H,22,26)(H,23,24). The van der Waals surface area contributed by atoms with Crippen molar-refractivity contribution in [1.82, 2.24) is 19.8 Å². The molecule has 0 spiro atoms. The molecule has 0 radical (unpaired) electrons. The number of benzene rings is 1. The highest BCUT2D eigenvalue weighted by Gasteiger charge is 2.33. The fourth-order valence-corrected chi connectivity index (χ4v) is 5.45. The number of sulfonamides is 1. The van der Waals surface area contributed by atoms with Gasteiger partial charge in [0.2, 0.25) is 15.9 Å². The molecule has 1 fully saturated rings. The Kier molecular flexibility index (Phi) is 7.14. The number of amides is 1. The van der Waals surface area contributed by atoms with Crippen LogP contribution in [-0.4, -0.2) is 54.6 Å². The number of aryl methyl sites for hydroxylation is 3. The maximum Gasteiger partial charge on any atom is 0.246 e. The number of carbonyl (C=O) groups excluding carboxylic acids is 1. The number of nitrogens with zero attached hydrogens (tertiary/aromatic N) is 2. The van der Waals surface area contributed by atoms with Crippen LogP contribution < -0.4 is 10.1 Å². The average molecular weight is 435 g/mol. The summed E-state index contributed by atoms with van der Waals surface area (Å²) in [7, 11) is -3.57. The van der Waals surface area contributed by atoms with E-state index in [1.54, 1.807) is 13.8 Å². The van der Waals surface area contributed by atoms with E-state index < -0.39 is 10.0 Å². The predicted octanol–water partition coefficient (Wildman–Crippen LogP) is 2.46. The number of hydrogen-bond acceptors (Lipinski definition) is 5. The van der Waals surface area contributed by atoms with Crippen molar-refractivity contribution in [2.75, 3.05) is 19.7 Å². The zero-order valence-corrected chi connectivity index (χ0v) is 18.6. The van der Waals surface area contributed by atoms with Gasteiger partial charge < -0.3 is 10.1 Å². The van der Waals surface area contributed by atoms with Crippen LogP contribution in [0, 0.1) is 20.8 Å². The van der Waals surface area contributed by atoms with Crippen molar-refractivity contribution >= 4 is 15.9 Å². The maximum absolute atomic E-state index is 12.9. The third-order valence-corrected chi connectivity index (χ3v) is 7.48. The second kappa shape index (κ2) is 9.61. The zero-order valence-electron chi connectivity index (χ0n) is 17.8. The highest BCUT2D eigenvalue weighted by molar-refractivity contribution is 7.89. The number of piperidine rings is 1. The Labute approximate surface area is 178 Å². The summed E-state index contributed by atoms with van der Waals surface area (Å²) in [4.78, 5) is 12.5. The summed E-state index contributed by atoms with van der Waals surface area (Å²) in [5, 5.41) is 9.74. The number of carbonyl (C=O) groups is 1. The Morgan fingerprint density at radius 1 is 1.20 bits per heavy atom. The van der Waals surface area contributed by atoms with Gasteiger partial charge in [0, 0.05) is 25.6 Å². The van der Waals surface area contributed by atoms with E-state index in [-0.39, 0.29) is 16.8 Å². The molecule has 8 nitrogen and oxygen atoms in total. The van der Waals surface area contributed by atoms with Crippen LogP contribution in [0.5, 0.6) is 5.75 Å². The van der Waals surface area contributed by atoms with Crippen LogP contribution in [0.1, 0.15) is 42.6 Å². The number of H-pyrrole nitrogens is 1. The minimum absolute atomic E-state index is 0.00601. The molecule has 164 valence electrons. The van der Waals surface area contributed by atoms with Crippen molar-refractivity contribution in [3.05, 3.63) is 41.2 Å². The summed E-state index contributed by atoms with van der Waals surface area (Å²) in [6.07, 6.45) is 2.21. The summed E-state index contributed by atoms with van der Waals surface area (Å²) in [5.74, 6) is 0.781. The minimum atomic E-state index is -3.57. The summed E-state index contributed by atoms with van der Waals surface area (Å²) < 4.78 is 32.9. The molecular weight excluding hydrogens is 404 g/mol. The smallest absolute Gasteiger partial charge is 0.246 e. The van der Waals surface area contributed by atoms with E-state index >= 15 is 0 Å². The van der Waals surface area contributed by atoms with Gasteiger partial charge in [-0.05, 0) is 52.2 Å². The summed E-state index contributed by atoms with van der Waals surface area (Å²) in [6.45, 7) is 6.67. The molecule has 2 heterocycles. The first kappa shape index (κ1) is 22.3. The van der Waals surface area contributed by atoms with Gasteiger partial charge in [-0.2, -0.15) is 9.40 Å². The zero-order chi connectivity index (χ0) is 21.7. The number of aromatic nitrogens is 2. The number of nitrogens with one attached hydrogen (secondary N) is 2. The van der Waals surface area contributed by atoms with E-state index in [4.69, 9.17) is 4.74 Å². The Morgan fingerprint density at radius 3 is 2.47 bits per heavy atom. The van der Waals surface area contributed by atoms with Crippen molar-refractivity contribution in [3.8, 4) is 5.75 Å². The van der Waals surface area contributed by atoms with Crippen LogP contribution in [0.15, 0.2) is 29.2 Å². The maximum atomic E-state index is 12.9. The monoisotopic (exact) mass is 434 g/mol. The lowest BCUT2D eigenvalue weighted by Crippen LogP contribution is -2.46. The number of rotatable bonds is 8. The lowest BCUT2D eigenvalue weighted by molar-refractivity contribution is -0.122. The van der Waals surface area contributed by atoms with Gasteiger partial charge in [-0.3, -0.25) is 9.89 Å². The molecule has 1 aliphatic heterocycles. The van der Waals surface area contributed by atoms with Crippen molar-refractivity contribution in [1.29, 1.82) is 0 Å². The highest BCUT2D eigenvalue weighted by Crippen LogP contribution is 2.24. The Bertz CT molecular complexity index is 942. The molecule has 1 saturated heterocycles. The fraction of sp³-hybridized carbons (Fsp3) is 0.524. The number of ether oxygens (including phenoxy) is 1. The lowest BCUT2D eigenvalue weighted by atomic mass is 10.1. The molecule has 2 N–H and O–H groups in total. The largest absolute Gasteiger partial charge is 0.494 e. The predicted molar refractivity (Wildman–Crippen MR) is 114 cm³/mol. The molecule has 1 amide bonds. The fourth-order valence-electron chi connectivity index (χ4n) is 3.65. The van der Waals surface area contributed by atoms with E-state index in [9.17, 15) is 13.2 Å². The molecule has 1 aromatic heterocycles. The van der Waals surface area contributed by atoms with Crippen molar-refractivity contribution < 1.29 is 17.9 Å². The second-order valence-electron chi connectivity index (χ2n) is 7.77. The van der Waals surface area contributed by atoms with E-state index in [1.165, 1.54) is 9.87 Å². The van der Waals surface area contributed by atoms with Crippen LogP contribution in [0.3, 0.4) is 0 Å². The van der Waals surface area contributed by atoms with E-state index in [0.717, 1.165) is 5.75 Å². The third kappa shape index (κ3) is 5.40. The molecule has 0 aliphatic carbocycles. The van der Waals surface area contributed by atoms with E-state index in [0.29, 0.717) is 56.8 Å². The van der Waals surface area contributed by atoms with Gasteiger partial charge in [-0.15, -0.1) is 0 Å². The molecule has 9 heteroatoms. The molecule has 1 aromatic carbocycles. The Morgan fingerprint density at radius 2 is 1.87 bits per heavy atom. The van der Waals surface area contributed by atoms with Crippen molar-refractivity contribution in [3.63, 3.8) is 0 Å². The average Bonchev–Trinajstić information content (AvgIpc) is 3.06. The van der Waals surface area contributed by atoms with Crippen molar-refractivity contribution in [2.45, 2.75) is 57.4 Å². The van der Waals surface area contributed by atoms with Crippen LogP contribution >= 0.6 is 0 Å². The van der Waals surface area contributed by atoms with Gasteiger partial charge in [0.1, 0.15) is 10.6 Å². The molecule has 2 aromatic rings. The molecule has 1 aliphatic rings. The third-order valence-electron chi connectivity index (χ3n) is 5.32. The molecular formula is C21H30N4O4S. The van der Waals surface area contributed by atoms with Crippen molar-refractivity contribution in [2.24, 2.45) is 0 Å². The van der Waals surface area contributed by atoms with Gasteiger partial charge >= 0.3 is 0 Å². The van der Waals surface area contributed by atoms with Gasteiger partial charge in [0.25, 0.3) is 0 Å². The topological polar surface area (TPSA) is 104 Å². The van der Waals surface area contributed by atoms with Crippen LogP contribution in [0.25, 0.3) is 0 Å². The summed E-state index contributed by atoms with van der Waals surface area (Å²) >= 11 is 0. The number of hydrogen-bond donors (Lipinski definition) is 2. The molecule has 0 unspecified atom stereocenters. The highest BCUT2D eigenvalue weighted by atomic mass is 32.2. The van der Waals surface area contributed by atoms with E-state index in [1.807, 2.05) is 31.2 Å². The Balaban J connectivity index is 1.40. The quantitative estimate of drug-likeness (QED) is 0.621. The van der Waals surface area contributed by atoms with Crippen LogP contribution in [0.2, 0.25) is 0 Å². The molecule has 0 saturated carbocycles. The van der Waals surface area contributed by atoms with E-state index in [2.05, 4.69) is 15.5 Å². The lowest BCUT2D eigenvalue weighted by Gasteiger charge is -2.31. The SMILES string of the molecule is Cc1ccc(OCCCC(=O)NC2CCN(S(=O)(=O)c3c(C)n[nH]c3C)CC2)cc1.